The first-order chi connectivity index (χ1) is 22.8. The maximum Gasteiger partial charge on any atom is 0.440 e. The summed E-state index contributed by atoms with van der Waals surface area (Å²) in [6.45, 7) is -0.0131. The van der Waals surface area contributed by atoms with Gasteiger partial charge in [-0.15, -0.1) is 4.99 Å². The van der Waals surface area contributed by atoms with Crippen LogP contribution in [0.15, 0.2) is 120 Å². The van der Waals surface area contributed by atoms with Crippen LogP contribution in [-0.4, -0.2) is 54.1 Å². The van der Waals surface area contributed by atoms with Gasteiger partial charge in [0, 0.05) is 19.0 Å². The van der Waals surface area contributed by atoms with Crippen LogP contribution >= 0.6 is 0 Å². The summed E-state index contributed by atoms with van der Waals surface area (Å²) in [6, 6.07) is 32.0. The number of rotatable bonds is 8. The van der Waals surface area contributed by atoms with Crippen molar-refractivity contribution in [3.8, 4) is 5.75 Å². The van der Waals surface area contributed by atoms with Crippen LogP contribution < -0.4 is 20.7 Å². The van der Waals surface area contributed by atoms with Crippen LogP contribution in [0.3, 0.4) is 0 Å². The number of nitrogens with two attached hydrogens (primary N) is 1. The van der Waals surface area contributed by atoms with Crippen LogP contribution in [0.25, 0.3) is 0 Å². The zero-order valence-corrected chi connectivity index (χ0v) is 26.0. The highest BCUT2D eigenvalue weighted by atomic mass is 16.5. The third kappa shape index (κ3) is 7.71. The fourth-order valence-corrected chi connectivity index (χ4v) is 5.58. The number of anilines is 1. The quantitative estimate of drug-likeness (QED) is 0.0919. The normalized spacial score (nSPS) is 17.6. The summed E-state index contributed by atoms with van der Waals surface area (Å²) in [5.41, 5.74) is 9.34. The van der Waals surface area contributed by atoms with E-state index in [1.165, 1.54) is 11.9 Å². The minimum absolute atomic E-state index is 0.0408. The molecule has 11 nitrogen and oxygen atoms in total. The average molecular weight is 635 g/mol. The van der Waals surface area contributed by atoms with E-state index in [4.69, 9.17) is 15.2 Å². The first-order valence-electron chi connectivity index (χ1n) is 15.2. The standard InChI is InChI=1S/C36H35N5O6/c1-38-35(44)40-30-20-12-11-17-28(30)24-41(22-21-26-13-5-2-6-14-26,34(37)39-36(45)46-25-27-15-7-3-8-16-27)33(43)31(40)23-32(42)47-29-18-9-4-10-19-29/h2-20,31H,21-25H2,1H3,(H2-,37,38,39,44,45)/p+1. The van der Waals surface area contributed by atoms with Gasteiger partial charge in [-0.1, -0.05) is 97.1 Å². The third-order valence-corrected chi connectivity index (χ3v) is 7.95. The first-order valence-corrected chi connectivity index (χ1v) is 15.2. The Morgan fingerprint density at radius 2 is 1.47 bits per heavy atom. The van der Waals surface area contributed by atoms with Crippen molar-refractivity contribution in [1.82, 2.24) is 5.32 Å². The summed E-state index contributed by atoms with van der Waals surface area (Å²) in [5, 5.41) is 2.60. The Labute approximate surface area is 272 Å². The molecule has 2 atom stereocenters. The molecule has 2 unspecified atom stereocenters. The van der Waals surface area contributed by atoms with Crippen LogP contribution in [0.5, 0.6) is 5.75 Å². The zero-order chi connectivity index (χ0) is 33.2. The number of para-hydroxylation sites is 2. The van der Waals surface area contributed by atoms with E-state index in [2.05, 4.69) is 10.3 Å². The van der Waals surface area contributed by atoms with E-state index >= 15 is 4.79 Å². The molecule has 0 aromatic heterocycles. The molecule has 0 radical (unpaired) electrons. The largest absolute Gasteiger partial charge is 0.443 e. The molecule has 0 spiro atoms. The number of carbonyl (C=O) groups excluding carboxylic acids is 4. The van der Waals surface area contributed by atoms with E-state index in [0.29, 0.717) is 17.7 Å². The van der Waals surface area contributed by atoms with Gasteiger partial charge in [0.25, 0.3) is 0 Å². The topological polar surface area (TPSA) is 140 Å². The number of esters is 1. The number of nitrogens with one attached hydrogen (secondary N) is 1. The summed E-state index contributed by atoms with van der Waals surface area (Å²) in [4.78, 5) is 60.3. The summed E-state index contributed by atoms with van der Waals surface area (Å²) in [5.74, 6) is -1.37. The predicted molar refractivity (Wildman–Crippen MR) is 176 cm³/mol. The average Bonchev–Trinajstić information content (AvgIpc) is 3.20. The van der Waals surface area contributed by atoms with Gasteiger partial charge in [0.1, 0.15) is 18.9 Å². The minimum Gasteiger partial charge on any atom is -0.443 e. The van der Waals surface area contributed by atoms with Gasteiger partial charge in [0.15, 0.2) is 6.04 Å². The highest BCUT2D eigenvalue weighted by Gasteiger charge is 2.53. The second-order valence-electron chi connectivity index (χ2n) is 11.0. The van der Waals surface area contributed by atoms with Crippen LogP contribution in [0.1, 0.15) is 23.1 Å². The van der Waals surface area contributed by atoms with Crippen molar-refractivity contribution in [1.29, 1.82) is 0 Å². The van der Waals surface area contributed by atoms with Crippen LogP contribution in [0.4, 0.5) is 15.3 Å². The maximum absolute atomic E-state index is 15.0. The van der Waals surface area contributed by atoms with Gasteiger partial charge in [0.05, 0.1) is 18.7 Å². The molecule has 1 aliphatic rings. The highest BCUT2D eigenvalue weighted by molar-refractivity contribution is 6.04. The number of quaternary nitrogens is 1. The number of carbonyl (C=O) groups is 4. The van der Waals surface area contributed by atoms with E-state index in [0.717, 1.165) is 11.1 Å². The molecule has 3 N–H and O–H groups in total. The van der Waals surface area contributed by atoms with E-state index in [9.17, 15) is 14.4 Å². The number of hydrogen-bond acceptors (Lipinski definition) is 6. The molecule has 47 heavy (non-hydrogen) atoms. The lowest BCUT2D eigenvalue weighted by Crippen LogP contribution is -2.65. The summed E-state index contributed by atoms with van der Waals surface area (Å²) in [7, 11) is 1.44. The van der Waals surface area contributed by atoms with Crippen molar-refractivity contribution < 1.29 is 33.1 Å². The molecule has 5 rings (SSSR count). The number of amides is 4. The molecule has 0 saturated heterocycles. The molecule has 4 amide bonds. The van der Waals surface area contributed by atoms with Crippen molar-refractivity contribution in [2.45, 2.75) is 32.0 Å². The summed E-state index contributed by atoms with van der Waals surface area (Å²) < 4.78 is 10.3. The Morgan fingerprint density at radius 3 is 2.13 bits per heavy atom. The van der Waals surface area contributed by atoms with Crippen LogP contribution in [0.2, 0.25) is 0 Å². The summed E-state index contributed by atoms with van der Waals surface area (Å²) in [6.07, 6.45) is -1.10. The third-order valence-electron chi connectivity index (χ3n) is 7.95. The number of nitrogens with zero attached hydrogens (tertiary/aromatic N) is 3. The second-order valence-corrected chi connectivity index (χ2v) is 11.0. The molecule has 0 aliphatic carbocycles. The SMILES string of the molecule is CNC(=O)N1c2ccccc2C[N+](CCc2ccccc2)(C(N)=NC(=O)OCc2ccccc2)C(=O)C1CC(=O)Oc1ccccc1. The van der Waals surface area contributed by atoms with Gasteiger partial charge in [-0.2, -0.15) is 4.48 Å². The van der Waals surface area contributed by atoms with Gasteiger partial charge < -0.3 is 20.5 Å². The van der Waals surface area contributed by atoms with Crippen LogP contribution in [-0.2, 0) is 33.9 Å². The number of ether oxygens (including phenoxy) is 2. The van der Waals surface area contributed by atoms with Crippen molar-refractivity contribution in [2.24, 2.45) is 10.7 Å². The zero-order valence-electron chi connectivity index (χ0n) is 26.0. The van der Waals surface area contributed by atoms with E-state index in [1.807, 2.05) is 48.5 Å². The highest BCUT2D eigenvalue weighted by Crippen LogP contribution is 2.34. The first kappa shape index (κ1) is 32.6. The van der Waals surface area contributed by atoms with Gasteiger partial charge in [-0.05, 0) is 29.3 Å². The number of aliphatic imine (C=N–C) groups is 1. The van der Waals surface area contributed by atoms with Gasteiger partial charge in [-0.25, -0.2) is 14.4 Å². The molecular weight excluding hydrogens is 598 g/mol. The van der Waals surface area contributed by atoms with Crippen molar-refractivity contribution in [3.05, 3.63) is 132 Å². The monoisotopic (exact) mass is 634 g/mol. The number of fused-ring (bicyclic) bond motifs is 1. The molecule has 0 fully saturated rings. The molecule has 0 bridgehead atoms. The van der Waals surface area contributed by atoms with Crippen molar-refractivity contribution in [2.75, 3.05) is 18.5 Å². The Hall–Kier alpha value is -5.81. The molecule has 240 valence electrons. The molecular formula is C36H36N5O6+. The lowest BCUT2D eigenvalue weighted by molar-refractivity contribution is -0.779. The Morgan fingerprint density at radius 1 is 0.872 bits per heavy atom. The lowest BCUT2D eigenvalue weighted by atomic mass is 10.1. The minimum atomic E-state index is -1.38. The number of guanidine groups is 1. The fourth-order valence-electron chi connectivity index (χ4n) is 5.58. The number of hydrogen-bond donors (Lipinski definition) is 2. The van der Waals surface area contributed by atoms with Crippen molar-refractivity contribution >= 4 is 35.6 Å². The maximum atomic E-state index is 15.0. The van der Waals surface area contributed by atoms with Crippen LogP contribution in [0, 0.1) is 0 Å². The Balaban J connectivity index is 1.58. The summed E-state index contributed by atoms with van der Waals surface area (Å²) >= 11 is 0. The Bertz CT molecular complexity index is 1750. The van der Waals surface area contributed by atoms with Gasteiger partial charge >= 0.3 is 30.0 Å². The molecule has 1 aliphatic heterocycles. The molecule has 4 aromatic rings. The van der Waals surface area contributed by atoms with E-state index in [1.54, 1.807) is 66.7 Å². The number of benzene rings is 4. The fraction of sp³-hybridized carbons (Fsp3) is 0.194. The predicted octanol–water partition coefficient (Wildman–Crippen LogP) is 4.95. The second kappa shape index (κ2) is 15.0. The van der Waals surface area contributed by atoms with Gasteiger partial charge in [0.2, 0.25) is 0 Å². The van der Waals surface area contributed by atoms with Crippen molar-refractivity contribution in [3.63, 3.8) is 0 Å². The molecule has 1 heterocycles. The Kier molecular flexibility index (Phi) is 10.4. The van der Waals surface area contributed by atoms with E-state index < -0.39 is 40.9 Å². The number of urea groups is 1. The lowest BCUT2D eigenvalue weighted by Gasteiger charge is -2.35. The molecule has 0 saturated carbocycles. The van der Waals surface area contributed by atoms with E-state index in [-0.39, 0.29) is 31.4 Å². The molecule has 4 aromatic carbocycles. The molecule has 11 heteroatoms. The smallest absolute Gasteiger partial charge is 0.440 e. The van der Waals surface area contributed by atoms with Gasteiger partial charge in [-0.3, -0.25) is 9.69 Å².